The van der Waals surface area contributed by atoms with Crippen molar-refractivity contribution < 1.29 is 14.6 Å². The van der Waals surface area contributed by atoms with E-state index in [1.54, 1.807) is 0 Å². The summed E-state index contributed by atoms with van der Waals surface area (Å²) in [5.74, 6) is 0.601. The van der Waals surface area contributed by atoms with Gasteiger partial charge in [0.25, 0.3) is 5.91 Å². The monoisotopic (exact) mass is 466 g/mol. The molecule has 0 unspecified atom stereocenters. The topological polar surface area (TPSA) is 87.6 Å². The fourth-order valence-corrected chi connectivity index (χ4v) is 4.90. The molecule has 7 nitrogen and oxygen atoms in total. The van der Waals surface area contributed by atoms with Crippen LogP contribution >= 0.6 is 0 Å². The summed E-state index contributed by atoms with van der Waals surface area (Å²) in [7, 11) is 1.97. The first-order chi connectivity index (χ1) is 16.5. The second-order valence-corrected chi connectivity index (χ2v) is 9.79. The van der Waals surface area contributed by atoms with Gasteiger partial charge in [0.05, 0.1) is 23.9 Å². The number of piperidine rings is 1. The Morgan fingerprint density at radius 1 is 1.15 bits per heavy atom. The van der Waals surface area contributed by atoms with Gasteiger partial charge in [-0.1, -0.05) is 31.9 Å². The number of carbonyl (C=O) groups is 1. The molecule has 1 aliphatic heterocycles. The zero-order valence-corrected chi connectivity index (χ0v) is 20.5. The highest BCUT2D eigenvalue weighted by atomic mass is 16.5. The molecule has 184 valence electrons. The van der Waals surface area contributed by atoms with Crippen LogP contribution in [0.4, 0.5) is 0 Å². The summed E-state index contributed by atoms with van der Waals surface area (Å²) in [5, 5.41) is 22.0. The average molecular weight is 467 g/mol. The quantitative estimate of drug-likeness (QED) is 0.612. The predicted molar refractivity (Wildman–Crippen MR) is 133 cm³/mol. The number of aliphatic hydroxyl groups excluding tert-OH is 1. The number of nitrogens with zero attached hydrogens (tertiary/aromatic N) is 3. The Morgan fingerprint density at radius 2 is 1.91 bits per heavy atom. The molecule has 2 aromatic rings. The maximum absolute atomic E-state index is 13.0. The van der Waals surface area contributed by atoms with Gasteiger partial charge in [-0.25, -0.2) is 0 Å². The molecule has 2 atom stereocenters. The standard InChI is InChI=1S/C27H38N4O3/c1-3-4-10-23-22(19-11-13-21(14-12-19)34-20-8-6-5-7-9-20)17-25(30-29-23)27(33)28-24-15-16-31(2)18-26(24)32/h11-14,17,20,24,26,32H,3-10,15-16,18H2,1-2H3,(H,28,33)/t24-,26+/m0/s1. The summed E-state index contributed by atoms with van der Waals surface area (Å²) in [6.45, 7) is 3.54. The second-order valence-electron chi connectivity index (χ2n) is 9.79. The molecule has 7 heteroatoms. The Kier molecular flexibility index (Phi) is 8.51. The molecule has 34 heavy (non-hydrogen) atoms. The zero-order valence-electron chi connectivity index (χ0n) is 20.5. The van der Waals surface area contributed by atoms with Crippen molar-refractivity contribution in [3.05, 3.63) is 41.7 Å². The van der Waals surface area contributed by atoms with Crippen LogP contribution in [0.1, 0.15) is 74.5 Å². The minimum Gasteiger partial charge on any atom is -0.490 e. The molecule has 1 aromatic carbocycles. The van der Waals surface area contributed by atoms with E-state index in [1.165, 1.54) is 19.3 Å². The van der Waals surface area contributed by atoms with Crippen LogP contribution in [-0.2, 0) is 6.42 Å². The molecule has 1 aromatic heterocycles. The number of rotatable bonds is 8. The highest BCUT2D eigenvalue weighted by Gasteiger charge is 2.28. The summed E-state index contributed by atoms with van der Waals surface area (Å²) < 4.78 is 6.19. The minimum absolute atomic E-state index is 0.273. The highest BCUT2D eigenvalue weighted by molar-refractivity contribution is 5.93. The molecule has 1 saturated heterocycles. The minimum atomic E-state index is -0.587. The lowest BCUT2D eigenvalue weighted by Crippen LogP contribution is -2.53. The number of likely N-dealkylation sites (N-methyl/N-ethyl adjacent to an activating group) is 1. The van der Waals surface area contributed by atoms with E-state index in [9.17, 15) is 9.90 Å². The first-order valence-electron chi connectivity index (χ1n) is 12.8. The highest BCUT2D eigenvalue weighted by Crippen LogP contribution is 2.28. The van der Waals surface area contributed by atoms with Crippen molar-refractivity contribution in [3.63, 3.8) is 0 Å². The smallest absolute Gasteiger partial charge is 0.272 e. The number of hydrogen-bond acceptors (Lipinski definition) is 6. The van der Waals surface area contributed by atoms with E-state index >= 15 is 0 Å². The van der Waals surface area contributed by atoms with Crippen molar-refractivity contribution in [1.29, 1.82) is 0 Å². The van der Waals surface area contributed by atoms with Crippen LogP contribution in [0.25, 0.3) is 11.1 Å². The van der Waals surface area contributed by atoms with Crippen LogP contribution < -0.4 is 10.1 Å². The van der Waals surface area contributed by atoms with Crippen LogP contribution in [0.2, 0.25) is 0 Å². The van der Waals surface area contributed by atoms with Gasteiger partial charge in [0.1, 0.15) is 5.75 Å². The Bertz CT molecular complexity index is 943. The van der Waals surface area contributed by atoms with E-state index in [4.69, 9.17) is 4.74 Å². The number of benzene rings is 1. The predicted octanol–water partition coefficient (Wildman–Crippen LogP) is 3.99. The van der Waals surface area contributed by atoms with Crippen LogP contribution in [0, 0.1) is 0 Å². The molecule has 1 aliphatic carbocycles. The third-order valence-electron chi connectivity index (χ3n) is 6.99. The maximum atomic E-state index is 13.0. The maximum Gasteiger partial charge on any atom is 0.272 e. The molecule has 0 spiro atoms. The molecule has 1 amide bonds. The molecule has 1 saturated carbocycles. The molecular weight excluding hydrogens is 428 g/mol. The number of nitrogens with one attached hydrogen (secondary N) is 1. The first kappa shape index (κ1) is 24.6. The largest absolute Gasteiger partial charge is 0.490 e. The number of likely N-dealkylation sites (tertiary alicyclic amines) is 1. The van der Waals surface area contributed by atoms with Gasteiger partial charge in [0.2, 0.25) is 0 Å². The molecule has 2 aliphatic rings. The van der Waals surface area contributed by atoms with Crippen LogP contribution in [0.5, 0.6) is 5.75 Å². The van der Waals surface area contributed by atoms with Gasteiger partial charge in [-0.15, -0.1) is 5.10 Å². The van der Waals surface area contributed by atoms with Crippen LogP contribution in [-0.4, -0.2) is 64.5 Å². The number of unbranched alkanes of at least 4 members (excludes halogenated alkanes) is 1. The molecular formula is C27H38N4O3. The number of amides is 1. The number of hydrogen-bond donors (Lipinski definition) is 2. The summed E-state index contributed by atoms with van der Waals surface area (Å²) in [4.78, 5) is 15.0. The van der Waals surface area contributed by atoms with Crippen molar-refractivity contribution >= 4 is 5.91 Å². The van der Waals surface area contributed by atoms with Crippen LogP contribution in [0.15, 0.2) is 30.3 Å². The van der Waals surface area contributed by atoms with Crippen molar-refractivity contribution in [2.24, 2.45) is 0 Å². The number of aromatic nitrogens is 2. The van der Waals surface area contributed by atoms with E-state index in [-0.39, 0.29) is 17.6 Å². The Labute approximate surface area is 202 Å². The fraction of sp³-hybridized carbons (Fsp3) is 0.593. The lowest BCUT2D eigenvalue weighted by molar-refractivity contribution is 0.0471. The number of aryl methyl sites for hydroxylation is 1. The van der Waals surface area contributed by atoms with Gasteiger partial charge in [-0.05, 0) is 82.3 Å². The molecule has 2 heterocycles. The third-order valence-corrected chi connectivity index (χ3v) is 6.99. The van der Waals surface area contributed by atoms with Crippen LogP contribution in [0.3, 0.4) is 0 Å². The van der Waals surface area contributed by atoms with E-state index in [0.717, 1.165) is 61.2 Å². The van der Waals surface area contributed by atoms with Crippen molar-refractivity contribution in [2.45, 2.75) is 83.0 Å². The van der Waals surface area contributed by atoms with Gasteiger partial charge in [-0.2, -0.15) is 5.10 Å². The van der Waals surface area contributed by atoms with Gasteiger partial charge in [0, 0.05) is 12.1 Å². The van der Waals surface area contributed by atoms with Gasteiger partial charge < -0.3 is 20.1 Å². The normalized spacial score (nSPS) is 21.9. The summed E-state index contributed by atoms with van der Waals surface area (Å²) in [5.41, 5.74) is 3.12. The number of carbonyl (C=O) groups excluding carboxylic acids is 1. The van der Waals surface area contributed by atoms with E-state index < -0.39 is 6.10 Å². The van der Waals surface area contributed by atoms with Crippen molar-refractivity contribution in [1.82, 2.24) is 20.4 Å². The lowest BCUT2D eigenvalue weighted by Gasteiger charge is -2.33. The first-order valence-corrected chi connectivity index (χ1v) is 12.8. The van der Waals surface area contributed by atoms with E-state index in [0.29, 0.717) is 19.1 Å². The number of aliphatic hydroxyl groups is 1. The number of ether oxygens (including phenoxy) is 1. The SMILES string of the molecule is CCCCc1nnc(C(=O)N[C@H]2CCN(C)C[C@H]2O)cc1-c1ccc(OC2CCCCC2)cc1. The second kappa shape index (κ2) is 11.8. The molecule has 2 N–H and O–H groups in total. The van der Waals surface area contributed by atoms with Crippen molar-refractivity contribution in [3.8, 4) is 16.9 Å². The Morgan fingerprint density at radius 3 is 2.62 bits per heavy atom. The number of β-amino-alcohol motifs (C(OH)–C–C–N with tert-alkyl or cyclic N) is 1. The van der Waals surface area contributed by atoms with E-state index in [1.807, 2.05) is 37.4 Å². The fourth-order valence-electron chi connectivity index (χ4n) is 4.90. The van der Waals surface area contributed by atoms with E-state index in [2.05, 4.69) is 27.3 Å². The van der Waals surface area contributed by atoms with Gasteiger partial charge in [0.15, 0.2) is 5.69 Å². The Balaban J connectivity index is 1.51. The molecule has 2 fully saturated rings. The molecule has 0 bridgehead atoms. The van der Waals surface area contributed by atoms with Crippen molar-refractivity contribution in [2.75, 3.05) is 20.1 Å². The molecule has 4 rings (SSSR count). The third kappa shape index (κ3) is 6.33. The average Bonchev–Trinajstić information content (AvgIpc) is 2.85. The Hall–Kier alpha value is -2.51. The lowest BCUT2D eigenvalue weighted by atomic mass is 9.97. The zero-order chi connectivity index (χ0) is 23.9. The van der Waals surface area contributed by atoms with Gasteiger partial charge in [-0.3, -0.25) is 4.79 Å². The van der Waals surface area contributed by atoms with Gasteiger partial charge >= 0.3 is 0 Å². The molecule has 0 radical (unpaired) electrons. The summed E-state index contributed by atoms with van der Waals surface area (Å²) in [6, 6.07) is 9.70. The summed E-state index contributed by atoms with van der Waals surface area (Å²) in [6.07, 6.45) is 9.36. The summed E-state index contributed by atoms with van der Waals surface area (Å²) >= 11 is 0.